The van der Waals surface area contributed by atoms with Gasteiger partial charge in [0.25, 0.3) is 0 Å². The fourth-order valence-corrected chi connectivity index (χ4v) is 2.41. The van der Waals surface area contributed by atoms with Gasteiger partial charge in [0.1, 0.15) is 11.8 Å². The third-order valence-electron chi connectivity index (χ3n) is 3.70. The number of hydrogen-bond acceptors (Lipinski definition) is 6. The summed E-state index contributed by atoms with van der Waals surface area (Å²) in [6.07, 6.45) is -0.0712. The van der Waals surface area contributed by atoms with Crippen LogP contribution in [0.2, 0.25) is 0 Å². The summed E-state index contributed by atoms with van der Waals surface area (Å²) in [5.74, 6) is -1.12. The molecule has 1 fully saturated rings. The number of nitrogens with one attached hydrogen (secondary N) is 2. The number of carboxylic acid groups (broad SMARTS) is 1. The molecule has 0 aliphatic carbocycles. The highest BCUT2D eigenvalue weighted by molar-refractivity contribution is 5.84. The van der Waals surface area contributed by atoms with E-state index in [2.05, 4.69) is 20.4 Å². The van der Waals surface area contributed by atoms with Gasteiger partial charge in [0, 0.05) is 39.3 Å². The van der Waals surface area contributed by atoms with Gasteiger partial charge in [0.2, 0.25) is 5.91 Å². The molecule has 1 aliphatic rings. The third-order valence-corrected chi connectivity index (χ3v) is 3.70. The zero-order chi connectivity index (χ0) is 16.5. The number of Topliss-reactive ketones (excluding diaryl/α,β-unsaturated/α-hetero) is 1. The molecular weight excluding hydrogens is 288 g/mol. The Kier molecular flexibility index (Phi) is 8.00. The average Bonchev–Trinajstić information content (AvgIpc) is 2.45. The number of carbonyl (C=O) groups excluding carboxylic acids is 2. The summed E-state index contributed by atoms with van der Waals surface area (Å²) in [4.78, 5) is 37.9. The van der Waals surface area contributed by atoms with Crippen LogP contribution in [0, 0.1) is 0 Å². The van der Waals surface area contributed by atoms with Crippen molar-refractivity contribution in [2.75, 3.05) is 52.9 Å². The first-order valence-corrected chi connectivity index (χ1v) is 7.53. The van der Waals surface area contributed by atoms with E-state index in [-0.39, 0.29) is 18.1 Å². The predicted octanol–water partition coefficient (Wildman–Crippen LogP) is -1.63. The van der Waals surface area contributed by atoms with Crippen molar-refractivity contribution in [3.8, 4) is 0 Å². The fourth-order valence-electron chi connectivity index (χ4n) is 2.41. The third kappa shape index (κ3) is 6.97. The van der Waals surface area contributed by atoms with E-state index >= 15 is 0 Å². The monoisotopic (exact) mass is 314 g/mol. The van der Waals surface area contributed by atoms with Gasteiger partial charge in [-0.05, 0) is 14.0 Å². The van der Waals surface area contributed by atoms with Crippen LogP contribution in [0.1, 0.15) is 13.3 Å². The average molecular weight is 314 g/mol. The van der Waals surface area contributed by atoms with Gasteiger partial charge in [-0.3, -0.25) is 24.2 Å². The largest absolute Gasteiger partial charge is 0.480 e. The molecule has 22 heavy (non-hydrogen) atoms. The van der Waals surface area contributed by atoms with Crippen LogP contribution < -0.4 is 10.6 Å². The van der Waals surface area contributed by atoms with Crippen molar-refractivity contribution in [1.29, 1.82) is 0 Å². The van der Waals surface area contributed by atoms with Gasteiger partial charge >= 0.3 is 5.97 Å². The summed E-state index contributed by atoms with van der Waals surface area (Å²) in [6, 6.07) is -0.852. The van der Waals surface area contributed by atoms with Crippen molar-refractivity contribution in [3.63, 3.8) is 0 Å². The summed E-state index contributed by atoms with van der Waals surface area (Å²) in [7, 11) is 1.52. The molecule has 1 aliphatic heterocycles. The number of hydrogen-bond donors (Lipinski definition) is 3. The minimum atomic E-state index is -1.03. The second kappa shape index (κ2) is 9.50. The van der Waals surface area contributed by atoms with Gasteiger partial charge in [-0.1, -0.05) is 0 Å². The lowest BCUT2D eigenvalue weighted by atomic mass is 10.2. The number of piperazine rings is 1. The van der Waals surface area contributed by atoms with E-state index in [0.717, 1.165) is 32.7 Å². The Morgan fingerprint density at radius 3 is 2.23 bits per heavy atom. The maximum Gasteiger partial charge on any atom is 0.321 e. The van der Waals surface area contributed by atoms with E-state index in [1.165, 1.54) is 7.05 Å². The lowest BCUT2D eigenvalue weighted by molar-refractivity contribution is -0.141. The van der Waals surface area contributed by atoms with Crippen LogP contribution >= 0.6 is 0 Å². The molecule has 0 saturated carbocycles. The van der Waals surface area contributed by atoms with Crippen molar-refractivity contribution < 1.29 is 19.5 Å². The first kappa shape index (κ1) is 18.5. The van der Waals surface area contributed by atoms with Crippen molar-refractivity contribution >= 4 is 17.7 Å². The Morgan fingerprint density at radius 2 is 1.73 bits per heavy atom. The molecule has 8 nitrogen and oxygen atoms in total. The van der Waals surface area contributed by atoms with Gasteiger partial charge < -0.3 is 15.7 Å². The summed E-state index contributed by atoms with van der Waals surface area (Å²) >= 11 is 0. The van der Waals surface area contributed by atoms with Crippen LogP contribution in [0.15, 0.2) is 0 Å². The normalized spacial score (nSPS) is 17.9. The highest BCUT2D eigenvalue weighted by Gasteiger charge is 2.20. The van der Waals surface area contributed by atoms with Crippen LogP contribution in [0.25, 0.3) is 0 Å². The minimum Gasteiger partial charge on any atom is -0.480 e. The summed E-state index contributed by atoms with van der Waals surface area (Å²) in [6.45, 7) is 6.79. The fraction of sp³-hybridized carbons (Fsp3) is 0.786. The number of carbonyl (C=O) groups is 3. The van der Waals surface area contributed by atoms with Gasteiger partial charge in [0.15, 0.2) is 0 Å². The van der Waals surface area contributed by atoms with Gasteiger partial charge in [-0.15, -0.1) is 0 Å². The maximum atomic E-state index is 11.7. The molecule has 0 bridgehead atoms. The number of carboxylic acids is 1. The molecule has 1 amide bonds. The summed E-state index contributed by atoms with van der Waals surface area (Å²) in [5.41, 5.74) is 0. The number of rotatable bonds is 9. The molecule has 8 heteroatoms. The van der Waals surface area contributed by atoms with Crippen LogP contribution in [0.5, 0.6) is 0 Å². The zero-order valence-electron chi connectivity index (χ0n) is 13.3. The Bertz CT molecular complexity index is 394. The molecule has 0 aromatic rings. The Labute approximate surface area is 130 Å². The molecule has 126 valence electrons. The van der Waals surface area contributed by atoms with E-state index in [1.54, 1.807) is 6.92 Å². The van der Waals surface area contributed by atoms with Gasteiger partial charge in [0.05, 0.1) is 13.0 Å². The molecule has 1 saturated heterocycles. The van der Waals surface area contributed by atoms with Crippen LogP contribution in [-0.4, -0.2) is 91.5 Å². The first-order chi connectivity index (χ1) is 10.4. The smallest absolute Gasteiger partial charge is 0.321 e. The van der Waals surface area contributed by atoms with E-state index in [1.807, 2.05) is 0 Å². The molecule has 0 aromatic heterocycles. The Hall–Kier alpha value is -1.51. The summed E-state index contributed by atoms with van der Waals surface area (Å²) in [5, 5.41) is 14.2. The number of likely N-dealkylation sites (N-methyl/N-ethyl adjacent to an activating group) is 1. The molecular formula is C14H26N4O4. The van der Waals surface area contributed by atoms with E-state index in [9.17, 15) is 14.4 Å². The molecule has 1 heterocycles. The highest BCUT2D eigenvalue weighted by atomic mass is 16.4. The highest BCUT2D eigenvalue weighted by Crippen LogP contribution is 2.01. The van der Waals surface area contributed by atoms with Crippen LogP contribution in [-0.2, 0) is 14.4 Å². The molecule has 0 spiro atoms. The van der Waals surface area contributed by atoms with Crippen molar-refractivity contribution in [2.45, 2.75) is 19.4 Å². The lowest BCUT2D eigenvalue weighted by Gasteiger charge is -2.34. The maximum absolute atomic E-state index is 11.7. The molecule has 3 N–H and O–H groups in total. The van der Waals surface area contributed by atoms with Crippen molar-refractivity contribution in [2.24, 2.45) is 0 Å². The van der Waals surface area contributed by atoms with Crippen LogP contribution in [0.3, 0.4) is 0 Å². The zero-order valence-corrected chi connectivity index (χ0v) is 13.3. The standard InChI is InChI=1S/C14H26N4O4/c1-11(19)10-18-7-5-17(6-8-18)4-3-16-13(20)9-12(15-2)14(21)22/h12,15H,3-10H2,1-2H3,(H,16,20)(H,21,22)/t12-/m0/s1. The van der Waals surface area contributed by atoms with Crippen molar-refractivity contribution in [3.05, 3.63) is 0 Å². The van der Waals surface area contributed by atoms with E-state index in [0.29, 0.717) is 13.1 Å². The predicted molar refractivity (Wildman–Crippen MR) is 81.7 cm³/mol. The Balaban J connectivity index is 2.16. The van der Waals surface area contributed by atoms with Gasteiger partial charge in [-0.2, -0.15) is 0 Å². The second-order valence-corrected chi connectivity index (χ2v) is 5.55. The molecule has 1 rings (SSSR count). The van der Waals surface area contributed by atoms with Crippen LogP contribution in [0.4, 0.5) is 0 Å². The second-order valence-electron chi connectivity index (χ2n) is 5.55. The molecule has 0 unspecified atom stereocenters. The molecule has 1 atom stereocenters. The molecule has 0 radical (unpaired) electrons. The number of aliphatic carboxylic acids is 1. The van der Waals surface area contributed by atoms with E-state index in [4.69, 9.17) is 5.11 Å². The minimum absolute atomic E-state index is 0.0712. The number of amides is 1. The summed E-state index contributed by atoms with van der Waals surface area (Å²) < 4.78 is 0. The topological polar surface area (TPSA) is 102 Å². The van der Waals surface area contributed by atoms with Crippen molar-refractivity contribution in [1.82, 2.24) is 20.4 Å². The molecule has 0 aromatic carbocycles. The van der Waals surface area contributed by atoms with E-state index < -0.39 is 12.0 Å². The first-order valence-electron chi connectivity index (χ1n) is 7.53. The SMILES string of the molecule is CN[C@@H](CC(=O)NCCN1CCN(CC(C)=O)CC1)C(=O)O. The number of nitrogens with zero attached hydrogens (tertiary/aromatic N) is 2. The lowest BCUT2D eigenvalue weighted by Crippen LogP contribution is -2.49. The quantitative estimate of drug-likeness (QED) is 0.470. The van der Waals surface area contributed by atoms with Gasteiger partial charge in [-0.25, -0.2) is 0 Å². The number of ketones is 1. The Morgan fingerprint density at radius 1 is 1.14 bits per heavy atom.